The van der Waals surface area contributed by atoms with Crippen molar-refractivity contribution in [1.29, 1.82) is 0 Å². The highest BCUT2D eigenvalue weighted by molar-refractivity contribution is 7.17. The highest BCUT2D eigenvalue weighted by Crippen LogP contribution is 2.44. The molecule has 7 heteroatoms. The maximum Gasteiger partial charge on any atom is 0.255 e. The Hall–Kier alpha value is -2.15. The van der Waals surface area contributed by atoms with Crippen LogP contribution in [0.3, 0.4) is 0 Å². The van der Waals surface area contributed by atoms with Crippen LogP contribution in [-0.4, -0.2) is 54.5 Å². The van der Waals surface area contributed by atoms with E-state index in [9.17, 15) is 4.79 Å². The van der Waals surface area contributed by atoms with E-state index >= 15 is 0 Å². The molecule has 29 heavy (non-hydrogen) atoms. The first-order valence-electron chi connectivity index (χ1n) is 9.61. The molecule has 0 N–H and O–H groups in total. The molecule has 5 nitrogen and oxygen atoms in total. The lowest BCUT2D eigenvalue weighted by atomic mass is 9.89. The zero-order valence-electron chi connectivity index (χ0n) is 16.4. The van der Waals surface area contributed by atoms with Gasteiger partial charge >= 0.3 is 0 Å². The number of benzene rings is 2. The van der Waals surface area contributed by atoms with Crippen molar-refractivity contribution in [2.24, 2.45) is 11.8 Å². The van der Waals surface area contributed by atoms with Crippen molar-refractivity contribution < 1.29 is 9.53 Å². The molecule has 3 heterocycles. The molecule has 2 aliphatic rings. The third kappa shape index (κ3) is 3.39. The first kappa shape index (κ1) is 20.1. The predicted molar refractivity (Wildman–Crippen MR) is 118 cm³/mol. The Morgan fingerprint density at radius 1 is 1.14 bits per heavy atom. The molecule has 3 aromatic rings. The molecule has 1 amide bonds. The number of carbonyl (C=O) groups excluding carboxylic acids is 1. The average molecular weight is 430 g/mol. The van der Waals surface area contributed by atoms with E-state index in [1.54, 1.807) is 18.4 Å². The number of fused-ring (bicyclic) bond motifs is 2. The number of halogens is 1. The van der Waals surface area contributed by atoms with Gasteiger partial charge in [-0.1, -0.05) is 18.2 Å². The van der Waals surface area contributed by atoms with E-state index in [1.165, 1.54) is 5.56 Å². The van der Waals surface area contributed by atoms with Crippen molar-refractivity contribution in [1.82, 2.24) is 14.8 Å². The quantitative estimate of drug-likeness (QED) is 0.628. The minimum absolute atomic E-state index is 0. The first-order chi connectivity index (χ1) is 13.7. The zero-order valence-corrected chi connectivity index (χ0v) is 18.1. The monoisotopic (exact) mass is 429 g/mol. The van der Waals surface area contributed by atoms with Gasteiger partial charge in [0.1, 0.15) is 5.75 Å². The second kappa shape index (κ2) is 7.94. The van der Waals surface area contributed by atoms with Crippen LogP contribution in [-0.2, 0) is 0 Å². The molecule has 3 atom stereocenters. The standard InChI is InChI=1S/C22H23N3O2S.ClH/c1-24-10-15-11-25(22(26)17-4-3-5-19-21(17)28-13-23-19)12-18(15)20(24)14-6-8-16(27-2)9-7-14;/h3-9,13,15,18,20H,10-12H2,1-2H3;1H/t15-,18+,20+;/m0./s1. The fourth-order valence-corrected chi connectivity index (χ4v) is 5.75. The first-order valence-corrected chi connectivity index (χ1v) is 10.5. The van der Waals surface area contributed by atoms with Crippen LogP contribution in [0.2, 0.25) is 0 Å². The number of methoxy groups -OCH3 is 1. The average Bonchev–Trinajstić information content (AvgIpc) is 3.41. The molecule has 2 aromatic carbocycles. The molecular weight excluding hydrogens is 406 g/mol. The summed E-state index contributed by atoms with van der Waals surface area (Å²) in [4.78, 5) is 22.1. The summed E-state index contributed by atoms with van der Waals surface area (Å²) in [5.41, 5.74) is 4.81. The van der Waals surface area contributed by atoms with Gasteiger partial charge in [0.25, 0.3) is 5.91 Å². The number of hydrogen-bond donors (Lipinski definition) is 0. The van der Waals surface area contributed by atoms with Gasteiger partial charge in [-0.15, -0.1) is 23.7 Å². The van der Waals surface area contributed by atoms with Crippen LogP contribution in [0.25, 0.3) is 10.2 Å². The molecule has 2 saturated heterocycles. The minimum Gasteiger partial charge on any atom is -0.497 e. The topological polar surface area (TPSA) is 45.7 Å². The number of aromatic nitrogens is 1. The van der Waals surface area contributed by atoms with E-state index < -0.39 is 0 Å². The second-order valence-corrected chi connectivity index (χ2v) is 8.65. The van der Waals surface area contributed by atoms with Crippen molar-refractivity contribution in [3.05, 3.63) is 59.1 Å². The van der Waals surface area contributed by atoms with Gasteiger partial charge in [0.2, 0.25) is 0 Å². The van der Waals surface area contributed by atoms with Gasteiger partial charge in [0.05, 0.1) is 28.4 Å². The number of carbonyl (C=O) groups is 1. The van der Waals surface area contributed by atoms with Crippen LogP contribution in [0, 0.1) is 11.8 Å². The third-order valence-corrected chi connectivity index (χ3v) is 7.10. The molecular formula is C22H24ClN3O2S. The van der Waals surface area contributed by atoms with E-state index in [4.69, 9.17) is 4.74 Å². The molecule has 0 unspecified atom stereocenters. The van der Waals surface area contributed by atoms with Crippen molar-refractivity contribution in [2.45, 2.75) is 6.04 Å². The normalized spacial score (nSPS) is 23.8. The molecule has 0 radical (unpaired) electrons. The number of thiazole rings is 1. The van der Waals surface area contributed by atoms with Gasteiger partial charge in [-0.3, -0.25) is 9.69 Å². The molecule has 0 aliphatic carbocycles. The number of rotatable bonds is 3. The number of hydrogen-bond acceptors (Lipinski definition) is 5. The van der Waals surface area contributed by atoms with Gasteiger partial charge in [0, 0.05) is 31.6 Å². The predicted octanol–water partition coefficient (Wildman–Crippen LogP) is 4.10. The summed E-state index contributed by atoms with van der Waals surface area (Å²) in [5.74, 6) is 1.99. The molecule has 0 saturated carbocycles. The summed E-state index contributed by atoms with van der Waals surface area (Å²) < 4.78 is 6.29. The van der Waals surface area contributed by atoms with Gasteiger partial charge in [-0.05, 0) is 42.8 Å². The molecule has 5 rings (SSSR count). The van der Waals surface area contributed by atoms with Crippen molar-refractivity contribution >= 4 is 39.9 Å². The smallest absolute Gasteiger partial charge is 0.255 e. The Balaban J connectivity index is 0.00000205. The number of amides is 1. The molecule has 152 valence electrons. The zero-order chi connectivity index (χ0) is 19.3. The van der Waals surface area contributed by atoms with Crippen LogP contribution >= 0.6 is 23.7 Å². The lowest BCUT2D eigenvalue weighted by Gasteiger charge is -2.27. The Morgan fingerprint density at radius 3 is 2.69 bits per heavy atom. The maximum atomic E-state index is 13.3. The maximum absolute atomic E-state index is 13.3. The van der Waals surface area contributed by atoms with E-state index in [0.717, 1.165) is 41.2 Å². The minimum atomic E-state index is 0. The van der Waals surface area contributed by atoms with E-state index in [1.807, 2.05) is 40.7 Å². The van der Waals surface area contributed by atoms with Crippen LogP contribution in [0.1, 0.15) is 22.0 Å². The molecule has 0 bridgehead atoms. The third-order valence-electron chi connectivity index (χ3n) is 6.23. The Kier molecular flexibility index (Phi) is 5.51. The summed E-state index contributed by atoms with van der Waals surface area (Å²) in [6.45, 7) is 2.66. The van der Waals surface area contributed by atoms with Crippen LogP contribution in [0.15, 0.2) is 48.0 Å². The Morgan fingerprint density at radius 2 is 1.93 bits per heavy atom. The highest BCUT2D eigenvalue weighted by atomic mass is 35.5. The molecule has 2 aliphatic heterocycles. The van der Waals surface area contributed by atoms with Crippen LogP contribution in [0.4, 0.5) is 0 Å². The molecule has 2 fully saturated rings. The summed E-state index contributed by atoms with van der Waals surface area (Å²) in [5, 5.41) is 0. The Bertz CT molecular complexity index is 1020. The van der Waals surface area contributed by atoms with Crippen molar-refractivity contribution in [2.75, 3.05) is 33.8 Å². The fraction of sp³-hybridized carbons (Fsp3) is 0.364. The number of likely N-dealkylation sites (tertiary alicyclic amines) is 2. The van der Waals surface area contributed by atoms with Gasteiger partial charge < -0.3 is 9.64 Å². The largest absolute Gasteiger partial charge is 0.497 e. The van der Waals surface area contributed by atoms with E-state index in [2.05, 4.69) is 29.1 Å². The summed E-state index contributed by atoms with van der Waals surface area (Å²) in [7, 11) is 3.88. The van der Waals surface area contributed by atoms with Crippen molar-refractivity contribution in [3.63, 3.8) is 0 Å². The lowest BCUT2D eigenvalue weighted by Crippen LogP contribution is -2.33. The van der Waals surface area contributed by atoms with Crippen LogP contribution in [0.5, 0.6) is 5.75 Å². The lowest BCUT2D eigenvalue weighted by molar-refractivity contribution is 0.0770. The van der Waals surface area contributed by atoms with Crippen LogP contribution < -0.4 is 4.74 Å². The summed E-state index contributed by atoms with van der Waals surface area (Å²) >= 11 is 1.54. The fourth-order valence-electron chi connectivity index (χ4n) is 4.95. The second-order valence-electron chi connectivity index (χ2n) is 7.80. The highest BCUT2D eigenvalue weighted by Gasteiger charge is 2.47. The molecule has 1 aromatic heterocycles. The van der Waals surface area contributed by atoms with Crippen molar-refractivity contribution in [3.8, 4) is 5.75 Å². The van der Waals surface area contributed by atoms with Gasteiger partial charge in [-0.25, -0.2) is 4.98 Å². The Labute approximate surface area is 180 Å². The van der Waals surface area contributed by atoms with E-state index in [0.29, 0.717) is 17.9 Å². The number of ether oxygens (including phenoxy) is 1. The SMILES string of the molecule is COc1ccc([C@@H]2[C@@H]3CN(C(=O)c4cccc5ncsc45)C[C@@H]3CN2C)cc1.Cl. The van der Waals surface area contributed by atoms with Gasteiger partial charge in [0.15, 0.2) is 0 Å². The molecule has 0 spiro atoms. The summed E-state index contributed by atoms with van der Waals surface area (Å²) in [6.07, 6.45) is 0. The number of nitrogens with zero attached hydrogens (tertiary/aromatic N) is 3. The summed E-state index contributed by atoms with van der Waals surface area (Å²) in [6, 6.07) is 14.5. The van der Waals surface area contributed by atoms with Gasteiger partial charge in [-0.2, -0.15) is 0 Å². The van der Waals surface area contributed by atoms with E-state index in [-0.39, 0.29) is 18.3 Å².